The summed E-state index contributed by atoms with van der Waals surface area (Å²) in [5.41, 5.74) is 1.48. The molecule has 20 heavy (non-hydrogen) atoms. The number of para-hydroxylation sites is 1. The monoisotopic (exact) mass is 272 g/mol. The molecule has 2 aromatic rings. The summed E-state index contributed by atoms with van der Waals surface area (Å²) in [5.74, 6) is -0.177. The molecule has 0 unspecified atom stereocenters. The van der Waals surface area contributed by atoms with E-state index in [1.54, 1.807) is 0 Å². The fourth-order valence-electron chi connectivity index (χ4n) is 2.52. The second-order valence-corrected chi connectivity index (χ2v) is 5.01. The predicted molar refractivity (Wildman–Crippen MR) is 74.4 cm³/mol. The molecule has 0 aliphatic carbocycles. The highest BCUT2D eigenvalue weighted by Gasteiger charge is 2.26. The van der Waals surface area contributed by atoms with Crippen molar-refractivity contribution in [1.82, 2.24) is 10.6 Å². The van der Waals surface area contributed by atoms with Crippen LogP contribution in [0.2, 0.25) is 0 Å². The Kier molecular flexibility index (Phi) is 3.18. The molecule has 2 amide bonds. The van der Waals surface area contributed by atoms with Crippen LogP contribution in [0.1, 0.15) is 29.0 Å². The number of piperidine rings is 1. The summed E-state index contributed by atoms with van der Waals surface area (Å²) in [6.45, 7) is 2.52. The van der Waals surface area contributed by atoms with Crippen molar-refractivity contribution in [3.63, 3.8) is 0 Å². The maximum Gasteiger partial charge on any atom is 0.287 e. The second-order valence-electron chi connectivity index (χ2n) is 5.01. The summed E-state index contributed by atoms with van der Waals surface area (Å²) >= 11 is 0. The Labute approximate surface area is 116 Å². The highest BCUT2D eigenvalue weighted by atomic mass is 16.3. The van der Waals surface area contributed by atoms with Crippen molar-refractivity contribution in [2.24, 2.45) is 0 Å². The Hall–Kier alpha value is -2.30. The minimum atomic E-state index is -0.469. The van der Waals surface area contributed by atoms with Gasteiger partial charge in [0, 0.05) is 17.5 Å². The van der Waals surface area contributed by atoms with Crippen LogP contribution in [-0.2, 0) is 4.79 Å². The largest absolute Gasteiger partial charge is 0.451 e. The molecule has 1 aliphatic rings. The number of rotatable bonds is 2. The van der Waals surface area contributed by atoms with Crippen molar-refractivity contribution >= 4 is 22.8 Å². The van der Waals surface area contributed by atoms with Crippen LogP contribution in [0.4, 0.5) is 0 Å². The van der Waals surface area contributed by atoms with Gasteiger partial charge in [0.25, 0.3) is 5.91 Å². The average Bonchev–Trinajstić information content (AvgIpc) is 2.79. The zero-order valence-electron chi connectivity index (χ0n) is 11.2. The molecule has 1 aromatic carbocycles. The SMILES string of the molecule is Cc1c(C(=O)N[C@@H]2CCCNC2=O)oc2ccccc12. The lowest BCUT2D eigenvalue weighted by molar-refractivity contribution is -0.124. The van der Waals surface area contributed by atoms with E-state index in [-0.39, 0.29) is 17.6 Å². The van der Waals surface area contributed by atoms with Gasteiger partial charge in [0.05, 0.1) is 0 Å². The minimum absolute atomic E-state index is 0.127. The van der Waals surface area contributed by atoms with Gasteiger partial charge in [-0.2, -0.15) is 0 Å². The predicted octanol–water partition coefficient (Wildman–Crippen LogP) is 1.75. The molecule has 5 nitrogen and oxygen atoms in total. The number of carbonyl (C=O) groups is 2. The van der Waals surface area contributed by atoms with Crippen molar-refractivity contribution in [3.8, 4) is 0 Å². The van der Waals surface area contributed by atoms with Gasteiger partial charge >= 0.3 is 0 Å². The molecule has 1 aliphatic heterocycles. The first kappa shape index (κ1) is 12.7. The van der Waals surface area contributed by atoms with Crippen molar-refractivity contribution in [2.45, 2.75) is 25.8 Å². The molecule has 1 atom stereocenters. The minimum Gasteiger partial charge on any atom is -0.451 e. The third kappa shape index (κ3) is 2.15. The lowest BCUT2D eigenvalue weighted by Gasteiger charge is -2.22. The first-order valence-corrected chi connectivity index (χ1v) is 6.73. The van der Waals surface area contributed by atoms with E-state index in [9.17, 15) is 9.59 Å². The van der Waals surface area contributed by atoms with Crippen LogP contribution < -0.4 is 10.6 Å². The Morgan fingerprint density at radius 1 is 1.40 bits per heavy atom. The van der Waals surface area contributed by atoms with Crippen LogP contribution in [0.25, 0.3) is 11.0 Å². The van der Waals surface area contributed by atoms with E-state index in [1.165, 1.54) is 0 Å². The number of aryl methyl sites for hydroxylation is 1. The number of hydrogen-bond acceptors (Lipinski definition) is 3. The zero-order valence-corrected chi connectivity index (χ0v) is 11.2. The molecular formula is C15H16N2O3. The fraction of sp³-hybridized carbons (Fsp3) is 0.333. The molecule has 0 saturated carbocycles. The summed E-state index contributed by atoms with van der Waals surface area (Å²) < 4.78 is 5.59. The van der Waals surface area contributed by atoms with E-state index >= 15 is 0 Å². The Bertz CT molecular complexity index is 675. The second kappa shape index (κ2) is 5.00. The highest BCUT2D eigenvalue weighted by molar-refractivity contribution is 6.00. The zero-order chi connectivity index (χ0) is 14.1. The Balaban J connectivity index is 1.85. The summed E-state index contributed by atoms with van der Waals surface area (Å²) in [6.07, 6.45) is 1.53. The lowest BCUT2D eigenvalue weighted by Crippen LogP contribution is -2.50. The maximum atomic E-state index is 12.3. The number of hydrogen-bond donors (Lipinski definition) is 2. The standard InChI is InChI=1S/C15H16N2O3/c1-9-10-5-2-3-7-12(10)20-13(9)15(19)17-11-6-4-8-16-14(11)18/h2-3,5,7,11H,4,6,8H2,1H3,(H,16,18)(H,17,19)/t11-/m1/s1. The van der Waals surface area contributed by atoms with Crippen LogP contribution in [0.15, 0.2) is 28.7 Å². The quantitative estimate of drug-likeness (QED) is 0.875. The molecule has 2 heterocycles. The van der Waals surface area contributed by atoms with Crippen LogP contribution in [0, 0.1) is 6.92 Å². The van der Waals surface area contributed by atoms with Crippen molar-refractivity contribution in [2.75, 3.05) is 6.54 Å². The fourth-order valence-corrected chi connectivity index (χ4v) is 2.52. The Morgan fingerprint density at radius 3 is 2.95 bits per heavy atom. The normalized spacial score (nSPS) is 18.9. The van der Waals surface area contributed by atoms with E-state index in [4.69, 9.17) is 4.42 Å². The molecule has 5 heteroatoms. The summed E-state index contributed by atoms with van der Waals surface area (Å²) in [7, 11) is 0. The third-order valence-electron chi connectivity index (χ3n) is 3.64. The number of furan rings is 1. The number of fused-ring (bicyclic) bond motifs is 1. The Morgan fingerprint density at radius 2 is 2.20 bits per heavy atom. The van der Waals surface area contributed by atoms with Crippen LogP contribution in [0.5, 0.6) is 0 Å². The molecule has 104 valence electrons. The molecule has 1 saturated heterocycles. The summed E-state index contributed by atoms with van der Waals surface area (Å²) in [6, 6.07) is 7.04. The molecular weight excluding hydrogens is 256 g/mol. The molecule has 0 spiro atoms. The van der Waals surface area contributed by atoms with Crippen molar-refractivity contribution < 1.29 is 14.0 Å². The number of amides is 2. The van der Waals surface area contributed by atoms with Crippen molar-refractivity contribution in [3.05, 3.63) is 35.6 Å². The average molecular weight is 272 g/mol. The van der Waals surface area contributed by atoms with E-state index in [0.29, 0.717) is 18.5 Å². The highest BCUT2D eigenvalue weighted by Crippen LogP contribution is 2.24. The van der Waals surface area contributed by atoms with Crippen molar-refractivity contribution in [1.29, 1.82) is 0 Å². The number of carbonyl (C=O) groups excluding carboxylic acids is 2. The first-order chi connectivity index (χ1) is 9.66. The van der Waals surface area contributed by atoms with E-state index in [1.807, 2.05) is 31.2 Å². The number of nitrogens with one attached hydrogen (secondary N) is 2. The lowest BCUT2D eigenvalue weighted by atomic mass is 10.1. The smallest absolute Gasteiger partial charge is 0.287 e. The van der Waals surface area contributed by atoms with Gasteiger partial charge in [0.1, 0.15) is 11.6 Å². The topological polar surface area (TPSA) is 71.3 Å². The first-order valence-electron chi connectivity index (χ1n) is 6.73. The number of benzene rings is 1. The maximum absolute atomic E-state index is 12.3. The van der Waals surface area contributed by atoms with Gasteiger partial charge in [0.15, 0.2) is 5.76 Å². The van der Waals surface area contributed by atoms with Gasteiger partial charge in [-0.3, -0.25) is 9.59 Å². The van der Waals surface area contributed by atoms with Gasteiger partial charge in [-0.25, -0.2) is 0 Å². The molecule has 0 radical (unpaired) electrons. The molecule has 1 aromatic heterocycles. The molecule has 0 bridgehead atoms. The summed E-state index contributed by atoms with van der Waals surface area (Å²) in [5, 5.41) is 6.41. The van der Waals surface area contributed by atoms with E-state index in [0.717, 1.165) is 17.4 Å². The van der Waals surface area contributed by atoms with Crippen LogP contribution >= 0.6 is 0 Å². The summed E-state index contributed by atoms with van der Waals surface area (Å²) in [4.78, 5) is 23.9. The van der Waals surface area contributed by atoms with Gasteiger partial charge in [0.2, 0.25) is 5.91 Å². The molecule has 3 rings (SSSR count). The van der Waals surface area contributed by atoms with Gasteiger partial charge in [-0.15, -0.1) is 0 Å². The molecule has 1 fully saturated rings. The van der Waals surface area contributed by atoms with Gasteiger partial charge < -0.3 is 15.1 Å². The van der Waals surface area contributed by atoms with Gasteiger partial charge in [-0.1, -0.05) is 18.2 Å². The molecule has 2 N–H and O–H groups in total. The van der Waals surface area contributed by atoms with E-state index in [2.05, 4.69) is 10.6 Å². The van der Waals surface area contributed by atoms with Crippen LogP contribution in [-0.4, -0.2) is 24.4 Å². The van der Waals surface area contributed by atoms with E-state index < -0.39 is 6.04 Å². The third-order valence-corrected chi connectivity index (χ3v) is 3.64. The van der Waals surface area contributed by atoms with Crippen LogP contribution in [0.3, 0.4) is 0 Å². The van der Waals surface area contributed by atoms with Gasteiger partial charge in [-0.05, 0) is 25.8 Å².